The Kier molecular flexibility index (Phi) is 7.18. The predicted octanol–water partition coefficient (Wildman–Crippen LogP) is 13.9. The number of hydrogen-bond acceptors (Lipinski definition) is 1. The highest BCUT2D eigenvalue weighted by Gasteiger charge is 2.19. The number of para-hydroxylation sites is 2. The van der Waals surface area contributed by atoms with Crippen LogP contribution in [0.25, 0.3) is 71.3 Å². The quantitative estimate of drug-likeness (QED) is 0.172. The standard InChI is InChI=1S/C50H34N2/c1-3-18-42(19-4-1)51(44-29-27-36(28-30-44)40-26-25-35-13-7-8-14-37(35)31-40)45-22-11-17-41(32-45)46-23-12-24-48-50(46)47-33-38-15-9-10-16-39(38)34-49(47)52(48)43-20-5-2-6-21-43/h1-34H. The van der Waals surface area contributed by atoms with Gasteiger partial charge < -0.3 is 9.47 Å². The molecule has 0 radical (unpaired) electrons. The summed E-state index contributed by atoms with van der Waals surface area (Å²) in [5, 5.41) is 7.50. The summed E-state index contributed by atoms with van der Waals surface area (Å²) in [4.78, 5) is 2.36. The average molecular weight is 663 g/mol. The summed E-state index contributed by atoms with van der Waals surface area (Å²) in [5.41, 5.74) is 11.7. The number of rotatable bonds is 6. The highest BCUT2D eigenvalue weighted by molar-refractivity contribution is 6.18. The maximum atomic E-state index is 2.41. The van der Waals surface area contributed by atoms with Crippen LogP contribution in [0.1, 0.15) is 0 Å². The second-order valence-corrected chi connectivity index (χ2v) is 13.4. The average Bonchev–Trinajstić information content (AvgIpc) is 3.54. The minimum atomic E-state index is 1.11. The molecule has 1 aromatic heterocycles. The van der Waals surface area contributed by atoms with Crippen LogP contribution < -0.4 is 4.90 Å². The Morgan fingerprint density at radius 2 is 0.923 bits per heavy atom. The molecule has 244 valence electrons. The molecule has 0 spiro atoms. The van der Waals surface area contributed by atoms with Crippen molar-refractivity contribution in [2.45, 2.75) is 0 Å². The van der Waals surface area contributed by atoms with Gasteiger partial charge in [-0.15, -0.1) is 0 Å². The van der Waals surface area contributed by atoms with Crippen LogP contribution in [0.4, 0.5) is 17.1 Å². The largest absolute Gasteiger partial charge is 0.310 e. The molecule has 0 atom stereocenters. The minimum absolute atomic E-state index is 1.11. The summed E-state index contributed by atoms with van der Waals surface area (Å²) in [6.45, 7) is 0. The van der Waals surface area contributed by atoms with Crippen molar-refractivity contribution in [3.8, 4) is 27.9 Å². The molecule has 2 nitrogen and oxygen atoms in total. The fourth-order valence-corrected chi connectivity index (χ4v) is 7.86. The zero-order chi connectivity index (χ0) is 34.4. The number of benzene rings is 9. The van der Waals surface area contributed by atoms with Gasteiger partial charge in [-0.2, -0.15) is 0 Å². The molecule has 10 aromatic rings. The highest BCUT2D eigenvalue weighted by Crippen LogP contribution is 2.42. The van der Waals surface area contributed by atoms with Gasteiger partial charge in [0, 0.05) is 33.5 Å². The number of fused-ring (bicyclic) bond motifs is 5. The van der Waals surface area contributed by atoms with Crippen molar-refractivity contribution in [1.29, 1.82) is 0 Å². The normalized spacial score (nSPS) is 11.5. The van der Waals surface area contributed by atoms with Crippen LogP contribution >= 0.6 is 0 Å². The van der Waals surface area contributed by atoms with Crippen LogP contribution in [-0.2, 0) is 0 Å². The van der Waals surface area contributed by atoms with Crippen molar-refractivity contribution in [2.75, 3.05) is 4.90 Å². The number of aromatic nitrogens is 1. The second kappa shape index (κ2) is 12.5. The van der Waals surface area contributed by atoms with E-state index in [1.807, 2.05) is 0 Å². The van der Waals surface area contributed by atoms with E-state index in [4.69, 9.17) is 0 Å². The fraction of sp³-hybridized carbons (Fsp3) is 0. The maximum absolute atomic E-state index is 2.41. The first-order valence-electron chi connectivity index (χ1n) is 17.8. The SMILES string of the molecule is c1ccc(N(c2ccc(-c3ccc4ccccc4c3)cc2)c2cccc(-c3cccc4c3c3cc5ccccc5cc3n4-c3ccccc3)c2)cc1. The van der Waals surface area contributed by atoms with Gasteiger partial charge in [-0.05, 0) is 117 Å². The van der Waals surface area contributed by atoms with Crippen molar-refractivity contribution in [2.24, 2.45) is 0 Å². The third kappa shape index (κ3) is 5.12. The summed E-state index contributed by atoms with van der Waals surface area (Å²) < 4.78 is 2.41. The van der Waals surface area contributed by atoms with Crippen LogP contribution in [0.5, 0.6) is 0 Å². The van der Waals surface area contributed by atoms with Gasteiger partial charge in [-0.25, -0.2) is 0 Å². The minimum Gasteiger partial charge on any atom is -0.310 e. The Bertz CT molecular complexity index is 2890. The van der Waals surface area contributed by atoms with Gasteiger partial charge in [-0.3, -0.25) is 0 Å². The summed E-state index contributed by atoms with van der Waals surface area (Å²) in [7, 11) is 0. The smallest absolute Gasteiger partial charge is 0.0547 e. The molecule has 0 amide bonds. The number of anilines is 3. The monoisotopic (exact) mass is 662 g/mol. The van der Waals surface area contributed by atoms with Crippen LogP contribution in [0.2, 0.25) is 0 Å². The van der Waals surface area contributed by atoms with Crippen LogP contribution in [-0.4, -0.2) is 4.57 Å². The molecule has 0 saturated heterocycles. The van der Waals surface area contributed by atoms with E-state index in [9.17, 15) is 0 Å². The lowest BCUT2D eigenvalue weighted by molar-refractivity contribution is 1.18. The lowest BCUT2D eigenvalue weighted by atomic mass is 9.97. The van der Waals surface area contributed by atoms with E-state index in [-0.39, 0.29) is 0 Å². The number of hydrogen-bond donors (Lipinski definition) is 0. The molecule has 0 aliphatic heterocycles. The van der Waals surface area contributed by atoms with E-state index in [2.05, 4.69) is 216 Å². The van der Waals surface area contributed by atoms with E-state index < -0.39 is 0 Å². The van der Waals surface area contributed by atoms with Crippen molar-refractivity contribution >= 4 is 60.4 Å². The predicted molar refractivity (Wildman–Crippen MR) is 221 cm³/mol. The Hall–Kier alpha value is -6.90. The van der Waals surface area contributed by atoms with Crippen molar-refractivity contribution in [3.63, 3.8) is 0 Å². The highest BCUT2D eigenvalue weighted by atomic mass is 15.1. The van der Waals surface area contributed by atoms with E-state index in [1.54, 1.807) is 0 Å². The molecular formula is C50H34N2. The Labute approximate surface area is 303 Å². The third-order valence-electron chi connectivity index (χ3n) is 10.3. The maximum Gasteiger partial charge on any atom is 0.0547 e. The fourth-order valence-electron chi connectivity index (χ4n) is 7.86. The van der Waals surface area contributed by atoms with Gasteiger partial charge in [-0.1, -0.05) is 133 Å². The Morgan fingerprint density at radius 1 is 0.327 bits per heavy atom. The molecule has 0 aliphatic carbocycles. The molecule has 0 fully saturated rings. The molecule has 0 unspecified atom stereocenters. The van der Waals surface area contributed by atoms with E-state index in [1.165, 1.54) is 65.6 Å². The zero-order valence-corrected chi connectivity index (χ0v) is 28.5. The number of nitrogens with zero attached hydrogens (tertiary/aromatic N) is 2. The van der Waals surface area contributed by atoms with E-state index in [0.29, 0.717) is 0 Å². The van der Waals surface area contributed by atoms with Gasteiger partial charge in [0.1, 0.15) is 0 Å². The molecule has 10 rings (SSSR count). The Morgan fingerprint density at radius 3 is 1.69 bits per heavy atom. The van der Waals surface area contributed by atoms with Gasteiger partial charge in [0.15, 0.2) is 0 Å². The summed E-state index contributed by atoms with van der Waals surface area (Å²) in [6.07, 6.45) is 0. The topological polar surface area (TPSA) is 8.17 Å². The van der Waals surface area contributed by atoms with Gasteiger partial charge in [0.25, 0.3) is 0 Å². The summed E-state index contributed by atoms with van der Waals surface area (Å²) in [6, 6.07) is 74.7. The molecule has 9 aromatic carbocycles. The second-order valence-electron chi connectivity index (χ2n) is 13.4. The van der Waals surface area contributed by atoms with E-state index >= 15 is 0 Å². The lowest BCUT2D eigenvalue weighted by Gasteiger charge is -2.26. The van der Waals surface area contributed by atoms with Crippen molar-refractivity contribution < 1.29 is 0 Å². The first-order chi connectivity index (χ1) is 25.8. The Balaban J connectivity index is 1.13. The molecular weight excluding hydrogens is 629 g/mol. The molecule has 0 bridgehead atoms. The van der Waals surface area contributed by atoms with Crippen LogP contribution in [0, 0.1) is 0 Å². The van der Waals surface area contributed by atoms with Gasteiger partial charge >= 0.3 is 0 Å². The first-order valence-corrected chi connectivity index (χ1v) is 17.8. The lowest BCUT2D eigenvalue weighted by Crippen LogP contribution is -2.09. The van der Waals surface area contributed by atoms with Crippen molar-refractivity contribution in [3.05, 3.63) is 206 Å². The summed E-state index contributed by atoms with van der Waals surface area (Å²) >= 11 is 0. The van der Waals surface area contributed by atoms with Crippen LogP contribution in [0.3, 0.4) is 0 Å². The van der Waals surface area contributed by atoms with Gasteiger partial charge in [0.05, 0.1) is 11.0 Å². The molecule has 0 aliphatic rings. The third-order valence-corrected chi connectivity index (χ3v) is 10.3. The molecule has 2 heteroatoms. The summed E-state index contributed by atoms with van der Waals surface area (Å²) in [5.74, 6) is 0. The first kappa shape index (κ1) is 30.0. The molecule has 52 heavy (non-hydrogen) atoms. The molecule has 1 heterocycles. The van der Waals surface area contributed by atoms with Crippen LogP contribution in [0.15, 0.2) is 206 Å². The molecule has 0 N–H and O–H groups in total. The van der Waals surface area contributed by atoms with E-state index in [0.717, 1.165) is 22.7 Å². The molecule has 0 saturated carbocycles. The van der Waals surface area contributed by atoms with Gasteiger partial charge in [0.2, 0.25) is 0 Å². The zero-order valence-electron chi connectivity index (χ0n) is 28.5. The van der Waals surface area contributed by atoms with Crippen molar-refractivity contribution in [1.82, 2.24) is 4.57 Å².